The lowest BCUT2D eigenvalue weighted by Gasteiger charge is -2.36. The first-order chi connectivity index (χ1) is 30.8. The van der Waals surface area contributed by atoms with Gasteiger partial charge in [-0.1, -0.05) is 164 Å². The molecule has 4 heteroatoms. The fraction of sp³-hybridized carbons (Fsp3) is 0. The highest BCUT2D eigenvalue weighted by Crippen LogP contribution is 2.47. The average molecular weight is 784 g/mol. The van der Waals surface area contributed by atoms with Crippen LogP contribution in [0.3, 0.4) is 0 Å². The van der Waals surface area contributed by atoms with E-state index in [1.165, 1.54) is 126 Å². The predicted octanol–water partition coefficient (Wildman–Crippen LogP) is 13.3. The number of rotatable bonds is 2. The molecule has 0 unspecified atom stereocenters. The minimum Gasteiger partial charge on any atom is -0.311 e. The fourth-order valence-corrected chi connectivity index (χ4v) is 11.7. The molecule has 0 aliphatic carbocycles. The van der Waals surface area contributed by atoms with Crippen LogP contribution in [-0.4, -0.2) is 20.4 Å². The Morgan fingerprint density at radius 2 is 0.919 bits per heavy atom. The lowest BCUT2D eigenvalue weighted by atomic mass is 9.33. The van der Waals surface area contributed by atoms with Gasteiger partial charge in [0, 0.05) is 44.0 Å². The smallest absolute Gasteiger partial charge is 0.252 e. The Balaban J connectivity index is 1.20. The maximum absolute atomic E-state index is 2.64. The van der Waals surface area contributed by atoms with E-state index in [-0.39, 0.29) is 6.71 Å². The van der Waals surface area contributed by atoms with Crippen LogP contribution in [0.2, 0.25) is 0 Å². The second kappa shape index (κ2) is 11.8. The fourth-order valence-electron chi connectivity index (χ4n) is 11.7. The van der Waals surface area contributed by atoms with Gasteiger partial charge >= 0.3 is 0 Å². The summed E-state index contributed by atoms with van der Waals surface area (Å²) in [6.07, 6.45) is 2.47. The third-order valence-electron chi connectivity index (χ3n) is 14.2. The van der Waals surface area contributed by atoms with E-state index in [0.717, 1.165) is 5.69 Å². The van der Waals surface area contributed by atoms with Crippen LogP contribution >= 0.6 is 0 Å². The molecule has 2 aliphatic heterocycles. The summed E-state index contributed by atoms with van der Waals surface area (Å²) in [6, 6.07) is 74.9. The summed E-state index contributed by atoms with van der Waals surface area (Å²) in [6.45, 7) is -0.0364. The first-order valence-corrected chi connectivity index (χ1v) is 21.6. The van der Waals surface area contributed by atoms with Gasteiger partial charge in [-0.2, -0.15) is 0 Å². The van der Waals surface area contributed by atoms with Gasteiger partial charge in [-0.25, -0.2) is 0 Å². The van der Waals surface area contributed by atoms with Crippen molar-refractivity contribution in [2.75, 3.05) is 0 Å². The van der Waals surface area contributed by atoms with E-state index in [2.05, 4.69) is 220 Å². The molecule has 0 atom stereocenters. The molecular weight excluding hydrogens is 749 g/mol. The molecule has 284 valence electrons. The summed E-state index contributed by atoms with van der Waals surface area (Å²) < 4.78 is 7.73. The third-order valence-corrected chi connectivity index (χ3v) is 14.2. The molecule has 5 heterocycles. The van der Waals surface area contributed by atoms with Gasteiger partial charge in [0.2, 0.25) is 0 Å². The van der Waals surface area contributed by atoms with Crippen molar-refractivity contribution in [1.29, 1.82) is 0 Å². The van der Waals surface area contributed by atoms with Crippen LogP contribution in [0.4, 0.5) is 0 Å². The molecule has 62 heavy (non-hydrogen) atoms. The van der Waals surface area contributed by atoms with Crippen molar-refractivity contribution in [2.45, 2.75) is 0 Å². The van der Waals surface area contributed by atoms with Gasteiger partial charge in [-0.05, 0) is 96.7 Å². The molecule has 0 amide bonds. The van der Waals surface area contributed by atoms with Crippen LogP contribution in [0.25, 0.3) is 115 Å². The van der Waals surface area contributed by atoms with Crippen LogP contribution in [0.1, 0.15) is 11.3 Å². The zero-order valence-electron chi connectivity index (χ0n) is 33.5. The first-order valence-electron chi connectivity index (χ1n) is 21.6. The second-order valence-corrected chi connectivity index (χ2v) is 17.2. The number of nitrogens with zero attached hydrogens (tertiary/aromatic N) is 3. The van der Waals surface area contributed by atoms with Crippen LogP contribution in [0.5, 0.6) is 0 Å². The minimum absolute atomic E-state index is 0.0364. The summed E-state index contributed by atoms with van der Waals surface area (Å²) in [7, 11) is 0. The molecule has 15 rings (SSSR count). The predicted molar refractivity (Wildman–Crippen MR) is 264 cm³/mol. The number of para-hydroxylation sites is 2. The van der Waals surface area contributed by atoms with Gasteiger partial charge in [0.15, 0.2) is 0 Å². The Labute approximate surface area is 356 Å². The van der Waals surface area contributed by atoms with Crippen molar-refractivity contribution in [3.05, 3.63) is 211 Å². The molecule has 0 bridgehead atoms. The number of aromatic nitrogens is 3. The Hall–Kier alpha value is -8.08. The monoisotopic (exact) mass is 783 g/mol. The van der Waals surface area contributed by atoms with Gasteiger partial charge in [-0.15, -0.1) is 0 Å². The summed E-state index contributed by atoms with van der Waals surface area (Å²) in [5.41, 5.74) is 16.2. The van der Waals surface area contributed by atoms with Crippen molar-refractivity contribution in [3.63, 3.8) is 0 Å². The van der Waals surface area contributed by atoms with Gasteiger partial charge in [0.1, 0.15) is 0 Å². The Morgan fingerprint density at radius 1 is 0.371 bits per heavy atom. The molecular formula is C58H34BN3. The molecule has 13 aromatic rings. The summed E-state index contributed by atoms with van der Waals surface area (Å²) in [5.74, 6) is 0. The zero-order valence-corrected chi connectivity index (χ0v) is 33.5. The summed E-state index contributed by atoms with van der Waals surface area (Å²) in [4.78, 5) is 0. The Kier molecular flexibility index (Phi) is 6.24. The molecule has 0 saturated carbocycles. The van der Waals surface area contributed by atoms with Gasteiger partial charge in [0.25, 0.3) is 6.71 Å². The highest BCUT2D eigenvalue weighted by molar-refractivity contribution is 7.03. The lowest BCUT2D eigenvalue weighted by Crippen LogP contribution is -2.53. The molecule has 0 radical (unpaired) electrons. The molecule has 3 nitrogen and oxygen atoms in total. The van der Waals surface area contributed by atoms with Gasteiger partial charge < -0.3 is 13.7 Å². The number of hydrogen-bond donors (Lipinski definition) is 0. The Bertz CT molecular complexity index is 4110. The molecule has 0 spiro atoms. The summed E-state index contributed by atoms with van der Waals surface area (Å²) >= 11 is 0. The molecule has 10 aromatic carbocycles. The van der Waals surface area contributed by atoms with E-state index in [0.29, 0.717) is 0 Å². The van der Waals surface area contributed by atoms with E-state index in [4.69, 9.17) is 0 Å². The van der Waals surface area contributed by atoms with Crippen LogP contribution in [-0.2, 0) is 0 Å². The molecule has 3 aromatic heterocycles. The van der Waals surface area contributed by atoms with Crippen LogP contribution in [0, 0.1) is 0 Å². The lowest BCUT2D eigenvalue weighted by molar-refractivity contribution is 1.07. The highest BCUT2D eigenvalue weighted by Gasteiger charge is 2.43. The van der Waals surface area contributed by atoms with E-state index in [1.54, 1.807) is 0 Å². The molecule has 2 aliphatic rings. The third kappa shape index (κ3) is 4.11. The van der Waals surface area contributed by atoms with Crippen molar-refractivity contribution in [1.82, 2.24) is 13.7 Å². The molecule has 0 fully saturated rings. The quantitative estimate of drug-likeness (QED) is 0.155. The second-order valence-electron chi connectivity index (χ2n) is 17.2. The average Bonchev–Trinajstić information content (AvgIpc) is 4.01. The largest absolute Gasteiger partial charge is 0.311 e. The van der Waals surface area contributed by atoms with Gasteiger partial charge in [-0.3, -0.25) is 0 Å². The van der Waals surface area contributed by atoms with Crippen molar-refractivity contribution in [3.8, 4) is 17.1 Å². The van der Waals surface area contributed by atoms with Crippen molar-refractivity contribution in [2.24, 2.45) is 0 Å². The highest BCUT2D eigenvalue weighted by atomic mass is 15.1. The standard InChI is InChI=1S/C58H34BN3/c1-2-14-35(15-3-1)30-46-52-34-45-40-19-7-4-16-36(40)26-28-50(45)61(52)53-32-39(60-48-24-12-10-22-43(48)44-23-11-13-25-49(44)60)33-54-57(53)59(46)47-31-38-18-6-9-21-42(38)56-55-41-20-8-5-17-37(41)27-29-51(55)62(54)58(47)56/h1-34H/b46-30+. The van der Waals surface area contributed by atoms with E-state index < -0.39 is 0 Å². The van der Waals surface area contributed by atoms with Gasteiger partial charge in [0.05, 0.1) is 33.3 Å². The SMILES string of the molecule is C(=C1\B2c3c(cc(-n4c5ccccc5c5ccccc54)cc3-n3c4ccc5ccccc5c4c4c5ccccc5cc2c43)-n2c1cc1c3ccccc3ccc12)/c1ccccc1. The number of benzene rings is 10. The Morgan fingerprint density at radius 3 is 1.65 bits per heavy atom. The van der Waals surface area contributed by atoms with Crippen LogP contribution in [0.15, 0.2) is 200 Å². The van der Waals surface area contributed by atoms with E-state index in [9.17, 15) is 0 Å². The zero-order chi connectivity index (χ0) is 40.2. The van der Waals surface area contributed by atoms with Crippen LogP contribution < -0.4 is 10.9 Å². The topological polar surface area (TPSA) is 14.8 Å². The minimum atomic E-state index is -0.0364. The molecule has 0 N–H and O–H groups in total. The normalized spacial score (nSPS) is 13.8. The summed E-state index contributed by atoms with van der Waals surface area (Å²) in [5, 5.41) is 14.1. The number of hydrogen-bond acceptors (Lipinski definition) is 0. The maximum atomic E-state index is 2.64. The van der Waals surface area contributed by atoms with E-state index >= 15 is 0 Å². The van der Waals surface area contributed by atoms with Crippen molar-refractivity contribution < 1.29 is 0 Å². The first kappa shape index (κ1) is 32.7. The van der Waals surface area contributed by atoms with E-state index in [1.807, 2.05) is 0 Å². The van der Waals surface area contributed by atoms with Crippen molar-refractivity contribution >= 4 is 116 Å². The molecule has 0 saturated heterocycles. The maximum Gasteiger partial charge on any atom is 0.252 e. The number of fused-ring (bicyclic) bond motifs is 18.